The zero-order chi connectivity index (χ0) is 12.9. The van der Waals surface area contributed by atoms with E-state index >= 15 is 0 Å². The molecule has 0 atom stereocenters. The molecule has 0 fully saturated rings. The van der Waals surface area contributed by atoms with Gasteiger partial charge in [-0.3, -0.25) is 0 Å². The number of aryl methyl sites for hydroxylation is 3. The lowest BCUT2D eigenvalue weighted by molar-refractivity contribution is 0.403. The predicted octanol–water partition coefficient (Wildman–Crippen LogP) is 2.73. The molecule has 1 aromatic rings. The Morgan fingerprint density at radius 2 is 2.00 bits per heavy atom. The van der Waals surface area contributed by atoms with Gasteiger partial charge in [0.05, 0.1) is 11.5 Å². The van der Waals surface area contributed by atoms with Gasteiger partial charge in [0.1, 0.15) is 5.82 Å². The van der Waals surface area contributed by atoms with Crippen LogP contribution in [0.1, 0.15) is 52.2 Å². The smallest absolute Gasteiger partial charge is 0.150 e. The molecular weight excluding hydrogens is 212 g/mol. The van der Waals surface area contributed by atoms with E-state index in [4.69, 9.17) is 5.26 Å². The van der Waals surface area contributed by atoms with Crippen molar-refractivity contribution in [3.8, 4) is 6.07 Å². The number of nitriles is 1. The second kappa shape index (κ2) is 5.81. The molecule has 0 spiro atoms. The molecule has 0 aliphatic rings. The lowest BCUT2D eigenvalue weighted by Crippen LogP contribution is -2.11. The first-order chi connectivity index (χ1) is 8.02. The summed E-state index contributed by atoms with van der Waals surface area (Å²) in [6.07, 6.45) is 3.66. The Bertz CT molecular complexity index is 398. The van der Waals surface area contributed by atoms with E-state index in [9.17, 15) is 0 Å². The highest BCUT2D eigenvalue weighted by Gasteiger charge is 2.16. The number of nitrogens with zero attached hydrogens (tertiary/aromatic N) is 4. The van der Waals surface area contributed by atoms with E-state index in [1.54, 1.807) is 0 Å². The monoisotopic (exact) mass is 234 g/mol. The summed E-state index contributed by atoms with van der Waals surface area (Å²) in [5, 5.41) is 13.4. The Labute approximate surface area is 104 Å². The molecule has 0 aromatic carbocycles. The first-order valence-electron chi connectivity index (χ1n) is 6.36. The van der Waals surface area contributed by atoms with Crippen molar-refractivity contribution in [3.63, 3.8) is 0 Å². The highest BCUT2D eigenvalue weighted by atomic mass is 15.3. The topological polar surface area (TPSA) is 54.5 Å². The van der Waals surface area contributed by atoms with Crippen molar-refractivity contribution < 1.29 is 0 Å². The van der Waals surface area contributed by atoms with Gasteiger partial charge in [0, 0.05) is 19.4 Å². The van der Waals surface area contributed by atoms with Crippen LogP contribution in [0.15, 0.2) is 0 Å². The molecule has 4 heteroatoms. The van der Waals surface area contributed by atoms with Gasteiger partial charge < -0.3 is 0 Å². The third-order valence-electron chi connectivity index (χ3n) is 2.90. The van der Waals surface area contributed by atoms with Crippen LogP contribution >= 0.6 is 0 Å². The van der Waals surface area contributed by atoms with E-state index in [2.05, 4.69) is 30.0 Å². The van der Waals surface area contributed by atoms with Crippen LogP contribution in [0.5, 0.6) is 0 Å². The summed E-state index contributed by atoms with van der Waals surface area (Å²) in [6.45, 7) is 8.98. The van der Waals surface area contributed by atoms with Crippen LogP contribution < -0.4 is 0 Å². The fraction of sp³-hybridized carbons (Fsp3) is 0.769. The van der Waals surface area contributed by atoms with Crippen molar-refractivity contribution in [2.45, 2.75) is 59.9 Å². The van der Waals surface area contributed by atoms with Gasteiger partial charge in [0.25, 0.3) is 0 Å². The summed E-state index contributed by atoms with van der Waals surface area (Å²) in [4.78, 5) is 4.47. The Morgan fingerprint density at radius 1 is 1.29 bits per heavy atom. The first-order valence-corrected chi connectivity index (χ1v) is 6.36. The highest BCUT2D eigenvalue weighted by molar-refractivity contribution is 4.94. The fourth-order valence-corrected chi connectivity index (χ4v) is 1.74. The van der Waals surface area contributed by atoms with Gasteiger partial charge in [-0.1, -0.05) is 13.8 Å². The third kappa shape index (κ3) is 3.85. The quantitative estimate of drug-likeness (QED) is 0.760. The van der Waals surface area contributed by atoms with Crippen LogP contribution in [-0.2, 0) is 19.4 Å². The van der Waals surface area contributed by atoms with Crippen molar-refractivity contribution in [1.82, 2.24) is 14.8 Å². The summed E-state index contributed by atoms with van der Waals surface area (Å²) in [5.74, 6) is 1.97. The summed E-state index contributed by atoms with van der Waals surface area (Å²) in [7, 11) is 0. The number of rotatable bonds is 6. The Kier molecular flexibility index (Phi) is 4.68. The molecule has 17 heavy (non-hydrogen) atoms. The molecule has 1 aromatic heterocycles. The van der Waals surface area contributed by atoms with Gasteiger partial charge in [-0.15, -0.1) is 0 Å². The Morgan fingerprint density at radius 3 is 2.53 bits per heavy atom. The van der Waals surface area contributed by atoms with Crippen molar-refractivity contribution >= 4 is 0 Å². The summed E-state index contributed by atoms with van der Waals surface area (Å²) in [6, 6.07) is 2.33. The molecule has 1 heterocycles. The number of hydrogen-bond acceptors (Lipinski definition) is 3. The van der Waals surface area contributed by atoms with Crippen LogP contribution in [-0.4, -0.2) is 14.8 Å². The van der Waals surface area contributed by atoms with E-state index < -0.39 is 0 Å². The maximum Gasteiger partial charge on any atom is 0.150 e. The third-order valence-corrected chi connectivity index (χ3v) is 2.90. The van der Waals surface area contributed by atoms with E-state index in [1.165, 1.54) is 0 Å². The molecule has 94 valence electrons. The molecule has 0 bridgehead atoms. The zero-order valence-electron chi connectivity index (χ0n) is 11.3. The molecule has 0 aliphatic heterocycles. The molecule has 0 saturated carbocycles. The molecular formula is C13H22N4. The highest BCUT2D eigenvalue weighted by Crippen LogP contribution is 2.21. The maximum absolute atomic E-state index is 8.95. The number of hydrogen-bond donors (Lipinski definition) is 0. The molecule has 4 nitrogen and oxygen atoms in total. The van der Waals surface area contributed by atoms with Crippen molar-refractivity contribution in [2.75, 3.05) is 0 Å². The largest absolute Gasteiger partial charge is 0.250 e. The molecule has 0 amide bonds. The lowest BCUT2D eigenvalue weighted by atomic mass is 9.90. The SMILES string of the molecule is CCc1nc(CC)n(CCCC(C)(C)C#N)n1. The van der Waals surface area contributed by atoms with Crippen LogP contribution in [0.3, 0.4) is 0 Å². The Balaban J connectivity index is 2.57. The molecule has 0 saturated heterocycles. The molecule has 0 unspecified atom stereocenters. The average Bonchev–Trinajstić information content (AvgIpc) is 2.71. The van der Waals surface area contributed by atoms with Crippen LogP contribution in [0.25, 0.3) is 0 Å². The minimum atomic E-state index is -0.236. The van der Waals surface area contributed by atoms with Gasteiger partial charge in [0.15, 0.2) is 5.82 Å². The maximum atomic E-state index is 8.95. The minimum Gasteiger partial charge on any atom is -0.250 e. The van der Waals surface area contributed by atoms with Gasteiger partial charge in [-0.25, -0.2) is 9.67 Å². The van der Waals surface area contributed by atoms with Crippen LogP contribution in [0.4, 0.5) is 0 Å². The van der Waals surface area contributed by atoms with Crippen molar-refractivity contribution in [2.24, 2.45) is 5.41 Å². The summed E-state index contributed by atoms with van der Waals surface area (Å²) in [5.41, 5.74) is -0.236. The zero-order valence-corrected chi connectivity index (χ0v) is 11.3. The molecule has 0 aliphatic carbocycles. The molecule has 1 rings (SSSR count). The molecule has 0 N–H and O–H groups in total. The van der Waals surface area contributed by atoms with E-state index in [-0.39, 0.29) is 5.41 Å². The minimum absolute atomic E-state index is 0.236. The van der Waals surface area contributed by atoms with E-state index in [0.717, 1.165) is 43.9 Å². The number of aromatic nitrogens is 3. The normalized spacial score (nSPS) is 11.5. The standard InChI is InChI=1S/C13H22N4/c1-5-11-15-12(6-2)17(16-11)9-7-8-13(3,4)10-14/h5-9H2,1-4H3. The van der Waals surface area contributed by atoms with Gasteiger partial charge in [-0.05, 0) is 26.7 Å². The molecule has 0 radical (unpaired) electrons. The summed E-state index contributed by atoms with van der Waals surface area (Å²) >= 11 is 0. The summed E-state index contributed by atoms with van der Waals surface area (Å²) < 4.78 is 1.99. The van der Waals surface area contributed by atoms with E-state index in [0.29, 0.717) is 0 Å². The van der Waals surface area contributed by atoms with Crippen LogP contribution in [0.2, 0.25) is 0 Å². The Hall–Kier alpha value is -1.37. The second-order valence-electron chi connectivity index (χ2n) is 4.97. The van der Waals surface area contributed by atoms with Gasteiger partial charge in [0.2, 0.25) is 0 Å². The average molecular weight is 234 g/mol. The first kappa shape index (κ1) is 13.7. The van der Waals surface area contributed by atoms with Crippen LogP contribution in [0, 0.1) is 16.7 Å². The lowest BCUT2D eigenvalue weighted by Gasteiger charge is -2.14. The van der Waals surface area contributed by atoms with Gasteiger partial charge >= 0.3 is 0 Å². The van der Waals surface area contributed by atoms with Crippen molar-refractivity contribution in [3.05, 3.63) is 11.6 Å². The second-order valence-corrected chi connectivity index (χ2v) is 4.97. The van der Waals surface area contributed by atoms with Crippen molar-refractivity contribution in [1.29, 1.82) is 5.26 Å². The van der Waals surface area contributed by atoms with E-state index in [1.807, 2.05) is 18.5 Å². The fourth-order valence-electron chi connectivity index (χ4n) is 1.74. The van der Waals surface area contributed by atoms with Gasteiger partial charge in [-0.2, -0.15) is 10.4 Å². The predicted molar refractivity (Wildman–Crippen MR) is 67.4 cm³/mol.